The van der Waals surface area contributed by atoms with E-state index in [2.05, 4.69) is 11.0 Å². The topological polar surface area (TPSA) is 29.3 Å². The first-order valence-electron chi connectivity index (χ1n) is 4.92. The summed E-state index contributed by atoms with van der Waals surface area (Å²) >= 11 is 5.80. The summed E-state index contributed by atoms with van der Waals surface area (Å²) < 4.78 is 0. The summed E-state index contributed by atoms with van der Waals surface area (Å²) in [6.07, 6.45) is 1.19. The van der Waals surface area contributed by atoms with Crippen LogP contribution in [0.4, 0.5) is 5.69 Å². The second-order valence-electron chi connectivity index (χ2n) is 3.73. The van der Waals surface area contributed by atoms with E-state index in [9.17, 15) is 0 Å². The fraction of sp³-hybridized carbons (Fsp3) is 0.455. The van der Waals surface area contributed by atoms with Crippen LogP contribution in [-0.2, 0) is 0 Å². The monoisotopic (exact) mass is 209 g/mol. The predicted molar refractivity (Wildman–Crippen MR) is 59.7 cm³/mol. The van der Waals surface area contributed by atoms with Gasteiger partial charge in [-0.2, -0.15) is 0 Å². The fourth-order valence-corrected chi connectivity index (χ4v) is 1.96. The minimum absolute atomic E-state index is 0.638. The molecule has 1 fully saturated rings. The Morgan fingerprint density at radius 2 is 2.43 bits per heavy atom. The van der Waals surface area contributed by atoms with Crippen molar-refractivity contribution in [3.05, 3.63) is 29.3 Å². The first-order valence-corrected chi connectivity index (χ1v) is 5.29. The zero-order valence-electron chi connectivity index (χ0n) is 8.04. The summed E-state index contributed by atoms with van der Waals surface area (Å²) in [5, 5.41) is 0.739. The van der Waals surface area contributed by atoms with Gasteiger partial charge in [0.1, 0.15) is 0 Å². The standard InChI is InChI=1S/C11H14ClN2/c12-10-1-3-11(4-2-10)14-6-5-9(7-13)8-14/h1-3,9H,5-8,13H2. The van der Waals surface area contributed by atoms with Crippen LogP contribution in [0.2, 0.25) is 5.02 Å². The molecule has 0 spiro atoms. The van der Waals surface area contributed by atoms with E-state index >= 15 is 0 Å². The Morgan fingerprint density at radius 3 is 3.00 bits per heavy atom. The van der Waals surface area contributed by atoms with E-state index in [4.69, 9.17) is 17.3 Å². The van der Waals surface area contributed by atoms with E-state index in [1.54, 1.807) is 0 Å². The zero-order chi connectivity index (χ0) is 9.97. The van der Waals surface area contributed by atoms with E-state index in [-0.39, 0.29) is 0 Å². The number of nitrogens with two attached hydrogens (primary N) is 1. The number of halogens is 1. The van der Waals surface area contributed by atoms with Gasteiger partial charge in [0.2, 0.25) is 0 Å². The molecule has 1 aromatic rings. The summed E-state index contributed by atoms with van der Waals surface area (Å²) in [5.41, 5.74) is 6.77. The van der Waals surface area contributed by atoms with Crippen LogP contribution in [-0.4, -0.2) is 19.6 Å². The van der Waals surface area contributed by atoms with Crippen LogP contribution in [0.1, 0.15) is 6.42 Å². The van der Waals surface area contributed by atoms with Gasteiger partial charge in [-0.1, -0.05) is 11.6 Å². The Balaban J connectivity index is 2.06. The van der Waals surface area contributed by atoms with Crippen LogP contribution >= 0.6 is 11.6 Å². The molecule has 0 aromatic heterocycles. The van der Waals surface area contributed by atoms with Gasteiger partial charge in [-0.15, -0.1) is 0 Å². The van der Waals surface area contributed by atoms with Gasteiger partial charge in [0.15, 0.2) is 0 Å². The molecule has 0 saturated carbocycles. The number of anilines is 1. The maximum atomic E-state index is 5.80. The van der Waals surface area contributed by atoms with Crippen molar-refractivity contribution < 1.29 is 0 Å². The highest BCUT2D eigenvalue weighted by molar-refractivity contribution is 6.30. The molecule has 1 aliphatic heterocycles. The number of rotatable bonds is 2. The molecule has 3 heteroatoms. The molecule has 2 N–H and O–H groups in total. The molecule has 1 atom stereocenters. The molecule has 2 rings (SSSR count). The average molecular weight is 210 g/mol. The van der Waals surface area contributed by atoms with Crippen LogP contribution in [0.5, 0.6) is 0 Å². The first kappa shape index (κ1) is 9.81. The highest BCUT2D eigenvalue weighted by Gasteiger charge is 2.21. The third-order valence-electron chi connectivity index (χ3n) is 2.72. The van der Waals surface area contributed by atoms with Gasteiger partial charge in [-0.05, 0) is 37.1 Å². The summed E-state index contributed by atoms with van der Waals surface area (Å²) in [7, 11) is 0. The molecule has 0 bridgehead atoms. The van der Waals surface area contributed by atoms with Gasteiger partial charge in [0, 0.05) is 29.9 Å². The Morgan fingerprint density at radius 1 is 1.57 bits per heavy atom. The van der Waals surface area contributed by atoms with E-state index < -0.39 is 0 Å². The van der Waals surface area contributed by atoms with E-state index in [0.717, 1.165) is 30.3 Å². The SMILES string of the molecule is NCC1CCN(c2[c]cc(Cl)cc2)C1. The summed E-state index contributed by atoms with van der Waals surface area (Å²) in [5.74, 6) is 0.638. The molecule has 1 radical (unpaired) electrons. The van der Waals surface area contributed by atoms with Gasteiger partial charge in [0.05, 0.1) is 0 Å². The maximum Gasteiger partial charge on any atom is 0.0447 e. The van der Waals surface area contributed by atoms with Gasteiger partial charge in [-0.25, -0.2) is 0 Å². The number of hydrogen-bond acceptors (Lipinski definition) is 2. The second-order valence-corrected chi connectivity index (χ2v) is 4.16. The quantitative estimate of drug-likeness (QED) is 0.807. The van der Waals surface area contributed by atoms with Crippen molar-refractivity contribution in [1.29, 1.82) is 0 Å². The van der Waals surface area contributed by atoms with Crippen molar-refractivity contribution in [3.63, 3.8) is 0 Å². The Hall–Kier alpha value is -0.730. The number of benzene rings is 1. The van der Waals surface area contributed by atoms with Crippen LogP contribution < -0.4 is 10.6 Å². The average Bonchev–Trinajstić information content (AvgIpc) is 2.67. The molecule has 0 aliphatic carbocycles. The molecular weight excluding hydrogens is 196 g/mol. The largest absolute Gasteiger partial charge is 0.371 e. The predicted octanol–water partition coefficient (Wildman–Crippen LogP) is 1.93. The number of nitrogens with zero attached hydrogens (tertiary/aromatic N) is 1. The lowest BCUT2D eigenvalue weighted by atomic mass is 10.1. The van der Waals surface area contributed by atoms with Crippen molar-refractivity contribution in [1.82, 2.24) is 0 Å². The van der Waals surface area contributed by atoms with Crippen LogP contribution in [0.15, 0.2) is 18.2 Å². The van der Waals surface area contributed by atoms with Gasteiger partial charge in [0.25, 0.3) is 0 Å². The minimum Gasteiger partial charge on any atom is -0.371 e. The molecule has 0 amide bonds. The molecule has 1 saturated heterocycles. The molecule has 2 nitrogen and oxygen atoms in total. The molecule has 1 aliphatic rings. The Bertz CT molecular complexity index is 297. The normalized spacial score (nSPS) is 21.6. The molecule has 14 heavy (non-hydrogen) atoms. The third-order valence-corrected chi connectivity index (χ3v) is 2.95. The fourth-order valence-electron chi connectivity index (χ4n) is 1.84. The lowest BCUT2D eigenvalue weighted by Gasteiger charge is -2.17. The van der Waals surface area contributed by atoms with Crippen molar-refractivity contribution in [3.8, 4) is 0 Å². The van der Waals surface area contributed by atoms with E-state index in [0.29, 0.717) is 5.92 Å². The second kappa shape index (κ2) is 4.20. The summed E-state index contributed by atoms with van der Waals surface area (Å²) in [6.45, 7) is 2.92. The third kappa shape index (κ3) is 2.02. The highest BCUT2D eigenvalue weighted by atomic mass is 35.5. The maximum absolute atomic E-state index is 5.80. The van der Waals surface area contributed by atoms with Crippen molar-refractivity contribution in [2.24, 2.45) is 11.7 Å². The lowest BCUT2D eigenvalue weighted by molar-refractivity contribution is 0.602. The van der Waals surface area contributed by atoms with Gasteiger partial charge >= 0.3 is 0 Å². The van der Waals surface area contributed by atoms with Crippen molar-refractivity contribution in [2.45, 2.75) is 6.42 Å². The zero-order valence-corrected chi connectivity index (χ0v) is 8.80. The van der Waals surface area contributed by atoms with Crippen LogP contribution in [0, 0.1) is 12.0 Å². The van der Waals surface area contributed by atoms with E-state index in [1.165, 1.54) is 6.42 Å². The van der Waals surface area contributed by atoms with E-state index in [1.807, 2.05) is 18.2 Å². The van der Waals surface area contributed by atoms with Crippen molar-refractivity contribution >= 4 is 17.3 Å². The molecule has 75 valence electrons. The molecular formula is C11H14ClN2. The molecule has 1 heterocycles. The van der Waals surface area contributed by atoms with Crippen LogP contribution in [0.25, 0.3) is 0 Å². The minimum atomic E-state index is 0.638. The molecule has 1 unspecified atom stereocenters. The number of hydrogen-bond donors (Lipinski definition) is 1. The van der Waals surface area contributed by atoms with Crippen LogP contribution in [0.3, 0.4) is 0 Å². The molecule has 1 aromatic carbocycles. The first-order chi connectivity index (χ1) is 6.79. The smallest absolute Gasteiger partial charge is 0.0447 e. The summed E-state index contributed by atoms with van der Waals surface area (Å²) in [4.78, 5) is 2.31. The summed E-state index contributed by atoms with van der Waals surface area (Å²) in [6, 6.07) is 8.91. The highest BCUT2D eigenvalue weighted by Crippen LogP contribution is 2.23. The van der Waals surface area contributed by atoms with Gasteiger partial charge < -0.3 is 10.6 Å². The Kier molecular flexibility index (Phi) is 2.94. The Labute approximate surface area is 89.7 Å². The van der Waals surface area contributed by atoms with Crippen molar-refractivity contribution in [2.75, 3.05) is 24.5 Å². The van der Waals surface area contributed by atoms with Gasteiger partial charge in [-0.3, -0.25) is 0 Å². The lowest BCUT2D eigenvalue weighted by Crippen LogP contribution is -2.22.